The molecule has 0 aliphatic rings. The lowest BCUT2D eigenvalue weighted by molar-refractivity contribution is 0.182. The number of hydrogen-bond acceptors (Lipinski definition) is 3. The lowest BCUT2D eigenvalue weighted by Crippen LogP contribution is -2.36. The van der Waals surface area contributed by atoms with Crippen molar-refractivity contribution in [1.82, 2.24) is 9.88 Å². The minimum atomic E-state index is 0.289. The molecule has 0 saturated carbocycles. The standard InChI is InChI=1S/C15H27N3/c1-5-12(3)11-18(6-2)15(9-16)14-8-7-13(4)17-10-14/h7-8,10,12,15H,5-6,9,11,16H2,1-4H3. The largest absolute Gasteiger partial charge is 0.329 e. The fourth-order valence-electron chi connectivity index (χ4n) is 2.18. The first-order valence-electron chi connectivity index (χ1n) is 6.99. The number of hydrogen-bond donors (Lipinski definition) is 1. The van der Waals surface area contributed by atoms with Gasteiger partial charge in [-0.15, -0.1) is 0 Å². The summed E-state index contributed by atoms with van der Waals surface area (Å²) in [5.74, 6) is 0.706. The van der Waals surface area contributed by atoms with Gasteiger partial charge in [-0.1, -0.05) is 33.3 Å². The van der Waals surface area contributed by atoms with Crippen molar-refractivity contribution < 1.29 is 0 Å². The minimum Gasteiger partial charge on any atom is -0.329 e. The van der Waals surface area contributed by atoms with Crippen molar-refractivity contribution in [2.45, 2.75) is 40.2 Å². The summed E-state index contributed by atoms with van der Waals surface area (Å²) >= 11 is 0. The SMILES string of the molecule is CCC(C)CN(CC)C(CN)c1ccc(C)nc1. The highest BCUT2D eigenvalue weighted by Crippen LogP contribution is 2.20. The van der Waals surface area contributed by atoms with Crippen molar-refractivity contribution in [2.75, 3.05) is 19.6 Å². The van der Waals surface area contributed by atoms with Crippen LogP contribution in [-0.2, 0) is 0 Å². The zero-order valence-electron chi connectivity index (χ0n) is 12.2. The Labute approximate surface area is 111 Å². The molecule has 102 valence electrons. The van der Waals surface area contributed by atoms with Gasteiger partial charge in [-0.3, -0.25) is 9.88 Å². The van der Waals surface area contributed by atoms with E-state index in [0.29, 0.717) is 12.5 Å². The Balaban J connectivity index is 2.82. The Morgan fingerprint density at radius 3 is 2.50 bits per heavy atom. The maximum absolute atomic E-state index is 5.97. The molecule has 18 heavy (non-hydrogen) atoms. The molecule has 0 amide bonds. The van der Waals surface area contributed by atoms with Crippen LogP contribution in [0.4, 0.5) is 0 Å². The van der Waals surface area contributed by atoms with Crippen molar-refractivity contribution in [2.24, 2.45) is 11.7 Å². The van der Waals surface area contributed by atoms with E-state index in [2.05, 4.69) is 42.8 Å². The van der Waals surface area contributed by atoms with Crippen molar-refractivity contribution in [1.29, 1.82) is 0 Å². The van der Waals surface area contributed by atoms with Crippen LogP contribution in [0.25, 0.3) is 0 Å². The average molecular weight is 249 g/mol. The highest BCUT2D eigenvalue weighted by atomic mass is 15.2. The molecule has 1 rings (SSSR count). The third kappa shape index (κ3) is 4.07. The Morgan fingerprint density at radius 1 is 1.33 bits per heavy atom. The topological polar surface area (TPSA) is 42.1 Å². The molecule has 3 nitrogen and oxygen atoms in total. The molecule has 3 heteroatoms. The van der Waals surface area contributed by atoms with Crippen molar-refractivity contribution >= 4 is 0 Å². The number of aromatic nitrogens is 1. The summed E-state index contributed by atoms with van der Waals surface area (Å²) in [6, 6.07) is 4.51. The second-order valence-electron chi connectivity index (χ2n) is 5.09. The molecule has 2 atom stereocenters. The second-order valence-corrected chi connectivity index (χ2v) is 5.09. The van der Waals surface area contributed by atoms with Crippen molar-refractivity contribution in [3.63, 3.8) is 0 Å². The quantitative estimate of drug-likeness (QED) is 0.808. The molecule has 2 unspecified atom stereocenters. The van der Waals surface area contributed by atoms with Gasteiger partial charge in [-0.2, -0.15) is 0 Å². The van der Waals surface area contributed by atoms with E-state index in [4.69, 9.17) is 5.73 Å². The van der Waals surface area contributed by atoms with Gasteiger partial charge in [0.15, 0.2) is 0 Å². The van der Waals surface area contributed by atoms with E-state index in [1.807, 2.05) is 13.1 Å². The van der Waals surface area contributed by atoms with Crippen LogP contribution < -0.4 is 5.73 Å². The number of rotatable bonds is 7. The summed E-state index contributed by atoms with van der Waals surface area (Å²) in [4.78, 5) is 6.84. The average Bonchev–Trinajstić information content (AvgIpc) is 2.40. The molecule has 0 aromatic carbocycles. The van der Waals surface area contributed by atoms with Crippen molar-refractivity contribution in [3.8, 4) is 0 Å². The fourth-order valence-corrected chi connectivity index (χ4v) is 2.18. The fraction of sp³-hybridized carbons (Fsp3) is 0.667. The number of pyridine rings is 1. The molecule has 0 fully saturated rings. The predicted octanol–water partition coefficient (Wildman–Crippen LogP) is 2.76. The van der Waals surface area contributed by atoms with Gasteiger partial charge in [0.2, 0.25) is 0 Å². The molecule has 1 aromatic heterocycles. The summed E-state index contributed by atoms with van der Waals surface area (Å²) in [6.07, 6.45) is 3.17. The zero-order chi connectivity index (χ0) is 13.5. The zero-order valence-corrected chi connectivity index (χ0v) is 12.2. The summed E-state index contributed by atoms with van der Waals surface area (Å²) in [5, 5.41) is 0. The predicted molar refractivity (Wildman–Crippen MR) is 77.5 cm³/mol. The van der Waals surface area contributed by atoms with E-state index < -0.39 is 0 Å². The van der Waals surface area contributed by atoms with E-state index >= 15 is 0 Å². The summed E-state index contributed by atoms with van der Waals surface area (Å²) in [5.41, 5.74) is 8.25. The monoisotopic (exact) mass is 249 g/mol. The van der Waals surface area contributed by atoms with Gasteiger partial charge in [-0.25, -0.2) is 0 Å². The van der Waals surface area contributed by atoms with E-state index in [1.54, 1.807) is 0 Å². The van der Waals surface area contributed by atoms with Crippen LogP contribution in [-0.4, -0.2) is 29.5 Å². The molecular formula is C15H27N3. The molecule has 0 radical (unpaired) electrons. The first-order valence-corrected chi connectivity index (χ1v) is 6.99. The van der Waals surface area contributed by atoms with E-state index in [9.17, 15) is 0 Å². The Hall–Kier alpha value is -0.930. The highest BCUT2D eigenvalue weighted by molar-refractivity contribution is 5.17. The number of likely N-dealkylation sites (N-methyl/N-ethyl adjacent to an activating group) is 1. The molecule has 0 aliphatic heterocycles. The molecule has 2 N–H and O–H groups in total. The molecule has 0 aliphatic carbocycles. The van der Waals surface area contributed by atoms with Gasteiger partial charge in [0, 0.05) is 31.0 Å². The Kier molecular flexibility index (Phi) is 6.30. The van der Waals surface area contributed by atoms with Gasteiger partial charge in [0.25, 0.3) is 0 Å². The third-order valence-corrected chi connectivity index (χ3v) is 3.63. The van der Waals surface area contributed by atoms with Gasteiger partial charge in [-0.05, 0) is 31.0 Å². The molecular weight excluding hydrogens is 222 g/mol. The van der Waals surface area contributed by atoms with E-state index in [-0.39, 0.29) is 6.04 Å². The molecule has 0 spiro atoms. The smallest absolute Gasteiger partial charge is 0.0485 e. The summed E-state index contributed by atoms with van der Waals surface area (Å²) < 4.78 is 0. The third-order valence-electron chi connectivity index (χ3n) is 3.63. The molecule has 0 bridgehead atoms. The van der Waals surface area contributed by atoms with Crippen LogP contribution in [0.5, 0.6) is 0 Å². The van der Waals surface area contributed by atoms with Gasteiger partial charge in [0.1, 0.15) is 0 Å². The Morgan fingerprint density at radius 2 is 2.06 bits per heavy atom. The Bertz CT molecular complexity index is 334. The van der Waals surface area contributed by atoms with E-state index in [0.717, 1.165) is 18.8 Å². The summed E-state index contributed by atoms with van der Waals surface area (Å²) in [7, 11) is 0. The summed E-state index contributed by atoms with van der Waals surface area (Å²) in [6.45, 7) is 11.5. The maximum Gasteiger partial charge on any atom is 0.0485 e. The minimum absolute atomic E-state index is 0.289. The van der Waals surface area contributed by atoms with E-state index in [1.165, 1.54) is 12.0 Å². The van der Waals surface area contributed by atoms with Crippen LogP contribution in [0.1, 0.15) is 44.5 Å². The first kappa shape index (κ1) is 15.1. The van der Waals surface area contributed by atoms with Crippen LogP contribution >= 0.6 is 0 Å². The number of nitrogens with two attached hydrogens (primary N) is 1. The second kappa shape index (κ2) is 7.49. The van der Waals surface area contributed by atoms with Gasteiger partial charge in [0.05, 0.1) is 0 Å². The van der Waals surface area contributed by atoms with Crippen molar-refractivity contribution in [3.05, 3.63) is 29.6 Å². The van der Waals surface area contributed by atoms with Crippen LogP contribution in [0, 0.1) is 12.8 Å². The van der Waals surface area contributed by atoms with Crippen LogP contribution in [0.15, 0.2) is 18.3 Å². The number of nitrogens with zero attached hydrogens (tertiary/aromatic N) is 2. The van der Waals surface area contributed by atoms with Crippen LogP contribution in [0.2, 0.25) is 0 Å². The van der Waals surface area contributed by atoms with Gasteiger partial charge < -0.3 is 5.73 Å². The van der Waals surface area contributed by atoms with Gasteiger partial charge >= 0.3 is 0 Å². The van der Waals surface area contributed by atoms with Crippen LogP contribution in [0.3, 0.4) is 0 Å². The lowest BCUT2D eigenvalue weighted by Gasteiger charge is -2.32. The molecule has 1 heterocycles. The lowest BCUT2D eigenvalue weighted by atomic mass is 10.0. The highest BCUT2D eigenvalue weighted by Gasteiger charge is 2.19. The maximum atomic E-state index is 5.97. The number of aryl methyl sites for hydroxylation is 1. The first-order chi connectivity index (χ1) is 8.62. The molecule has 1 aromatic rings. The molecule has 0 saturated heterocycles. The normalized spacial score (nSPS) is 14.8.